The maximum absolute atomic E-state index is 11.3. The van der Waals surface area contributed by atoms with Crippen LogP contribution in [0.1, 0.15) is 38.3 Å². The molecule has 0 unspecified atom stereocenters. The Morgan fingerprint density at radius 3 is 2.47 bits per heavy atom. The molecule has 0 saturated carbocycles. The average Bonchev–Trinajstić information content (AvgIpc) is 2.29. The molecular weight excluding hydrogens is 186 g/mol. The molecule has 1 aromatic rings. The summed E-state index contributed by atoms with van der Waals surface area (Å²) in [5.74, 6) is 0.0777. The van der Waals surface area contributed by atoms with Crippen molar-refractivity contribution in [1.29, 1.82) is 0 Å². The van der Waals surface area contributed by atoms with Crippen molar-refractivity contribution in [2.24, 2.45) is 0 Å². The van der Waals surface area contributed by atoms with Gasteiger partial charge in [0.1, 0.15) is 0 Å². The van der Waals surface area contributed by atoms with Gasteiger partial charge in [0.05, 0.1) is 0 Å². The van der Waals surface area contributed by atoms with Crippen molar-refractivity contribution >= 4 is 11.6 Å². The van der Waals surface area contributed by atoms with Crippen molar-refractivity contribution in [3.8, 4) is 0 Å². The van der Waals surface area contributed by atoms with Crippen molar-refractivity contribution in [2.45, 2.75) is 40.0 Å². The summed E-state index contributed by atoms with van der Waals surface area (Å²) in [5, 5.41) is 2.92. The maximum Gasteiger partial charge on any atom is 0.224 e. The minimum absolute atomic E-state index is 0.0777. The number of hydrogen-bond acceptors (Lipinski definition) is 1. The van der Waals surface area contributed by atoms with Crippen LogP contribution in [0.15, 0.2) is 18.2 Å². The number of carbonyl (C=O) groups is 1. The molecule has 15 heavy (non-hydrogen) atoms. The van der Waals surface area contributed by atoms with Gasteiger partial charge in [-0.25, -0.2) is 0 Å². The summed E-state index contributed by atoms with van der Waals surface area (Å²) in [7, 11) is 0. The van der Waals surface area contributed by atoms with Crippen molar-refractivity contribution in [1.82, 2.24) is 0 Å². The Kier molecular flexibility index (Phi) is 4.35. The van der Waals surface area contributed by atoms with Crippen LogP contribution in [0.3, 0.4) is 0 Å². The molecule has 0 aliphatic carbocycles. The van der Waals surface area contributed by atoms with Crippen LogP contribution in [0.2, 0.25) is 0 Å². The second kappa shape index (κ2) is 5.54. The third kappa shape index (κ3) is 3.08. The molecule has 0 aliphatic rings. The molecule has 0 saturated heterocycles. The van der Waals surface area contributed by atoms with Crippen molar-refractivity contribution < 1.29 is 4.79 Å². The lowest BCUT2D eigenvalue weighted by Crippen LogP contribution is -2.11. The first kappa shape index (κ1) is 11.8. The molecule has 2 heteroatoms. The van der Waals surface area contributed by atoms with Crippen LogP contribution in [-0.4, -0.2) is 5.91 Å². The van der Waals surface area contributed by atoms with Crippen LogP contribution in [0, 0.1) is 0 Å². The summed E-state index contributed by atoms with van der Waals surface area (Å²) in [4.78, 5) is 11.3. The van der Waals surface area contributed by atoms with Gasteiger partial charge in [0, 0.05) is 12.1 Å². The zero-order chi connectivity index (χ0) is 11.3. The molecule has 0 spiro atoms. The number of nitrogens with one attached hydrogen (secondary N) is 1. The van der Waals surface area contributed by atoms with E-state index in [0.717, 1.165) is 18.5 Å². The monoisotopic (exact) mass is 205 g/mol. The summed E-state index contributed by atoms with van der Waals surface area (Å²) in [6.07, 6.45) is 2.51. The van der Waals surface area contributed by atoms with Gasteiger partial charge in [-0.3, -0.25) is 4.79 Å². The fraction of sp³-hybridized carbons (Fsp3) is 0.462. The van der Waals surface area contributed by atoms with Crippen molar-refractivity contribution in [3.05, 3.63) is 29.3 Å². The number of hydrogen-bond donors (Lipinski definition) is 1. The minimum Gasteiger partial charge on any atom is -0.326 e. The van der Waals surface area contributed by atoms with E-state index in [-0.39, 0.29) is 5.91 Å². The van der Waals surface area contributed by atoms with Gasteiger partial charge in [-0.1, -0.05) is 32.9 Å². The van der Waals surface area contributed by atoms with Crippen molar-refractivity contribution in [2.75, 3.05) is 5.32 Å². The van der Waals surface area contributed by atoms with E-state index >= 15 is 0 Å². The number of amides is 1. The molecule has 0 atom stereocenters. The first-order valence-corrected chi connectivity index (χ1v) is 5.62. The Balaban J connectivity index is 2.92. The molecule has 0 fully saturated rings. The van der Waals surface area contributed by atoms with E-state index in [0.29, 0.717) is 6.42 Å². The van der Waals surface area contributed by atoms with E-state index in [1.165, 1.54) is 11.1 Å². The molecule has 0 radical (unpaired) electrons. The third-order valence-electron chi connectivity index (χ3n) is 2.55. The Morgan fingerprint density at radius 2 is 1.93 bits per heavy atom. The number of anilines is 1. The predicted molar refractivity (Wildman–Crippen MR) is 64.1 cm³/mol. The highest BCUT2D eigenvalue weighted by Gasteiger charge is 2.04. The van der Waals surface area contributed by atoms with Crippen LogP contribution in [-0.2, 0) is 17.6 Å². The fourth-order valence-corrected chi connectivity index (χ4v) is 1.52. The molecule has 1 amide bonds. The highest BCUT2D eigenvalue weighted by Crippen LogP contribution is 2.18. The van der Waals surface area contributed by atoms with E-state index in [1.807, 2.05) is 13.0 Å². The summed E-state index contributed by atoms with van der Waals surface area (Å²) >= 11 is 0. The van der Waals surface area contributed by atoms with Crippen LogP contribution in [0.5, 0.6) is 0 Å². The molecule has 1 N–H and O–H groups in total. The number of carbonyl (C=O) groups excluding carboxylic acids is 1. The predicted octanol–water partition coefficient (Wildman–Crippen LogP) is 3.16. The van der Waals surface area contributed by atoms with Gasteiger partial charge in [0.15, 0.2) is 0 Å². The number of benzene rings is 1. The summed E-state index contributed by atoms with van der Waals surface area (Å²) in [6.45, 7) is 6.11. The smallest absolute Gasteiger partial charge is 0.224 e. The zero-order valence-electron chi connectivity index (χ0n) is 9.76. The van der Waals surface area contributed by atoms with Crippen LogP contribution in [0.25, 0.3) is 0 Å². The second-order valence-corrected chi connectivity index (χ2v) is 3.60. The van der Waals surface area contributed by atoms with E-state index in [9.17, 15) is 4.79 Å². The van der Waals surface area contributed by atoms with Gasteiger partial charge in [-0.05, 0) is 30.0 Å². The molecule has 82 valence electrons. The molecular formula is C13H19NO. The molecule has 1 rings (SSSR count). The van der Waals surface area contributed by atoms with E-state index in [2.05, 4.69) is 31.3 Å². The normalized spacial score (nSPS) is 10.1. The summed E-state index contributed by atoms with van der Waals surface area (Å²) in [5.41, 5.74) is 3.50. The molecule has 0 aliphatic heterocycles. The van der Waals surface area contributed by atoms with Crippen LogP contribution < -0.4 is 5.32 Å². The van der Waals surface area contributed by atoms with Gasteiger partial charge in [-0.2, -0.15) is 0 Å². The average molecular weight is 205 g/mol. The Labute approximate surface area is 91.7 Å². The lowest BCUT2D eigenvalue weighted by Gasteiger charge is -2.10. The zero-order valence-corrected chi connectivity index (χ0v) is 9.76. The van der Waals surface area contributed by atoms with E-state index in [4.69, 9.17) is 0 Å². The van der Waals surface area contributed by atoms with E-state index < -0.39 is 0 Å². The SMILES string of the molecule is CCC(=O)Nc1ccc(CC)cc1CC. The van der Waals surface area contributed by atoms with Gasteiger partial charge in [-0.15, -0.1) is 0 Å². The molecule has 2 nitrogen and oxygen atoms in total. The molecule has 0 aromatic heterocycles. The maximum atomic E-state index is 11.3. The highest BCUT2D eigenvalue weighted by molar-refractivity contribution is 5.91. The molecule has 0 heterocycles. The molecule has 0 bridgehead atoms. The second-order valence-electron chi connectivity index (χ2n) is 3.60. The van der Waals surface area contributed by atoms with Crippen molar-refractivity contribution in [3.63, 3.8) is 0 Å². The van der Waals surface area contributed by atoms with Crippen LogP contribution in [0.4, 0.5) is 5.69 Å². The van der Waals surface area contributed by atoms with Crippen LogP contribution >= 0.6 is 0 Å². The van der Waals surface area contributed by atoms with Gasteiger partial charge in [0.2, 0.25) is 5.91 Å². The Bertz CT molecular complexity index is 344. The fourth-order valence-electron chi connectivity index (χ4n) is 1.52. The number of aryl methyl sites for hydroxylation is 2. The quantitative estimate of drug-likeness (QED) is 0.803. The van der Waals surface area contributed by atoms with Gasteiger partial charge in [0.25, 0.3) is 0 Å². The minimum atomic E-state index is 0.0777. The molecule has 1 aromatic carbocycles. The lowest BCUT2D eigenvalue weighted by molar-refractivity contribution is -0.115. The summed E-state index contributed by atoms with van der Waals surface area (Å²) in [6, 6.07) is 6.25. The number of rotatable bonds is 4. The first-order chi connectivity index (χ1) is 7.21. The lowest BCUT2D eigenvalue weighted by atomic mass is 10.0. The summed E-state index contributed by atoms with van der Waals surface area (Å²) < 4.78 is 0. The Morgan fingerprint density at radius 1 is 1.20 bits per heavy atom. The Hall–Kier alpha value is -1.31. The highest BCUT2D eigenvalue weighted by atomic mass is 16.1. The van der Waals surface area contributed by atoms with Gasteiger partial charge < -0.3 is 5.32 Å². The first-order valence-electron chi connectivity index (χ1n) is 5.62. The third-order valence-corrected chi connectivity index (χ3v) is 2.55. The largest absolute Gasteiger partial charge is 0.326 e. The topological polar surface area (TPSA) is 29.1 Å². The standard InChI is InChI=1S/C13H19NO/c1-4-10-7-8-12(11(5-2)9-10)14-13(15)6-3/h7-9H,4-6H2,1-3H3,(H,14,15). The van der Waals surface area contributed by atoms with Gasteiger partial charge >= 0.3 is 0 Å². The van der Waals surface area contributed by atoms with E-state index in [1.54, 1.807) is 0 Å².